The van der Waals surface area contributed by atoms with Crippen molar-refractivity contribution in [1.29, 1.82) is 0 Å². The number of rotatable bonds is 6. The monoisotopic (exact) mass is 423 g/mol. The van der Waals surface area contributed by atoms with Crippen LogP contribution in [0.3, 0.4) is 0 Å². The summed E-state index contributed by atoms with van der Waals surface area (Å²) in [5.41, 5.74) is 4.83. The number of aromatic nitrogens is 1. The van der Waals surface area contributed by atoms with E-state index in [0.29, 0.717) is 0 Å². The fraction of sp³-hybridized carbons (Fsp3) is 0.0714. The maximum absolute atomic E-state index is 13.3. The van der Waals surface area contributed by atoms with Crippen LogP contribution in [0.2, 0.25) is 0 Å². The van der Waals surface area contributed by atoms with E-state index in [1.165, 1.54) is 39.1 Å². The van der Waals surface area contributed by atoms with Gasteiger partial charge in [0.05, 0.1) is 11.6 Å². The van der Waals surface area contributed by atoms with Crippen LogP contribution in [0, 0.1) is 5.82 Å². The Hall–Kier alpha value is -3.30. The molecule has 0 spiro atoms. The molecule has 0 N–H and O–H groups in total. The highest BCUT2D eigenvalue weighted by atomic mass is 32.2. The molecule has 5 rings (SSSR count). The van der Waals surface area contributed by atoms with E-state index in [-0.39, 0.29) is 11.9 Å². The first-order valence-corrected chi connectivity index (χ1v) is 11.3. The molecular weight excluding hydrogens is 401 g/mol. The molecule has 152 valence electrons. The summed E-state index contributed by atoms with van der Waals surface area (Å²) in [7, 11) is 0. The van der Waals surface area contributed by atoms with Crippen molar-refractivity contribution >= 4 is 22.7 Å². The average Bonchev–Trinajstić information content (AvgIpc) is 3.19. The summed E-state index contributed by atoms with van der Waals surface area (Å²) in [4.78, 5) is 1.23. The summed E-state index contributed by atoms with van der Waals surface area (Å²) in [5, 5.41) is 1.24. The molecule has 1 heterocycles. The number of fused-ring (bicyclic) bond motifs is 1. The first-order chi connectivity index (χ1) is 15.3. The molecule has 4 aromatic carbocycles. The number of hydrogen-bond donors (Lipinski definition) is 0. The van der Waals surface area contributed by atoms with Crippen LogP contribution in [0.1, 0.15) is 22.7 Å². The molecular formula is C28H22FNS. The Balaban J connectivity index is 1.59. The standard InChI is InChI=1S/C28H22FNS/c29-24-17-15-21(16-18-24)20-31-27-19-30(26-14-8-7-13-25(26)27)28(22-9-3-1-4-10-22)23-11-5-2-6-12-23/h1-19,28H,20H2. The Morgan fingerprint density at radius 1 is 0.677 bits per heavy atom. The van der Waals surface area contributed by atoms with E-state index >= 15 is 0 Å². The highest BCUT2D eigenvalue weighted by Crippen LogP contribution is 2.37. The van der Waals surface area contributed by atoms with Crippen LogP contribution in [0.25, 0.3) is 10.9 Å². The predicted molar refractivity (Wildman–Crippen MR) is 128 cm³/mol. The van der Waals surface area contributed by atoms with Crippen LogP contribution in [0.5, 0.6) is 0 Å². The predicted octanol–water partition coefficient (Wildman–Crippen LogP) is 7.71. The minimum Gasteiger partial charge on any atom is -0.335 e. The van der Waals surface area contributed by atoms with E-state index in [9.17, 15) is 4.39 Å². The highest BCUT2D eigenvalue weighted by Gasteiger charge is 2.20. The third-order valence-electron chi connectivity index (χ3n) is 5.52. The SMILES string of the molecule is Fc1ccc(CSc2cn(C(c3ccccc3)c3ccccc3)c3ccccc23)cc1. The third kappa shape index (κ3) is 4.14. The van der Waals surface area contributed by atoms with Gasteiger partial charge in [-0.05, 0) is 34.9 Å². The second-order valence-corrected chi connectivity index (χ2v) is 8.57. The van der Waals surface area contributed by atoms with Gasteiger partial charge in [0.2, 0.25) is 0 Å². The fourth-order valence-electron chi connectivity index (χ4n) is 4.03. The van der Waals surface area contributed by atoms with Gasteiger partial charge in [-0.25, -0.2) is 4.39 Å². The molecule has 31 heavy (non-hydrogen) atoms. The van der Waals surface area contributed by atoms with E-state index in [0.717, 1.165) is 11.3 Å². The van der Waals surface area contributed by atoms with Crippen LogP contribution in [-0.2, 0) is 5.75 Å². The van der Waals surface area contributed by atoms with E-state index in [2.05, 4.69) is 95.7 Å². The van der Waals surface area contributed by atoms with Gasteiger partial charge >= 0.3 is 0 Å². The average molecular weight is 424 g/mol. The highest BCUT2D eigenvalue weighted by molar-refractivity contribution is 7.98. The summed E-state index contributed by atoms with van der Waals surface area (Å²) in [5.74, 6) is 0.606. The van der Waals surface area contributed by atoms with Gasteiger partial charge in [-0.3, -0.25) is 0 Å². The lowest BCUT2D eigenvalue weighted by Gasteiger charge is -2.21. The molecule has 0 unspecified atom stereocenters. The summed E-state index contributed by atoms with van der Waals surface area (Å²) in [6, 6.07) is 36.7. The number of nitrogens with zero attached hydrogens (tertiary/aromatic N) is 1. The van der Waals surface area contributed by atoms with Gasteiger partial charge in [0, 0.05) is 22.2 Å². The van der Waals surface area contributed by atoms with Crippen LogP contribution < -0.4 is 0 Å². The molecule has 5 aromatic rings. The minimum atomic E-state index is -0.195. The molecule has 0 bridgehead atoms. The van der Waals surface area contributed by atoms with Gasteiger partial charge in [0.15, 0.2) is 0 Å². The first kappa shape index (κ1) is 19.7. The van der Waals surface area contributed by atoms with Crippen molar-refractivity contribution in [2.24, 2.45) is 0 Å². The molecule has 3 heteroatoms. The summed E-state index contributed by atoms with van der Waals surface area (Å²) in [6.07, 6.45) is 2.27. The fourth-order valence-corrected chi connectivity index (χ4v) is 5.06. The quantitative estimate of drug-likeness (QED) is 0.253. The second-order valence-electron chi connectivity index (χ2n) is 7.56. The summed E-state index contributed by atoms with van der Waals surface area (Å²) in [6.45, 7) is 0. The van der Waals surface area contributed by atoms with Crippen LogP contribution in [0.15, 0.2) is 120 Å². The second kappa shape index (κ2) is 8.83. The zero-order chi connectivity index (χ0) is 21.0. The normalized spacial score (nSPS) is 11.3. The van der Waals surface area contributed by atoms with Crippen LogP contribution in [0.4, 0.5) is 4.39 Å². The topological polar surface area (TPSA) is 4.93 Å². The van der Waals surface area contributed by atoms with E-state index in [1.54, 1.807) is 11.8 Å². The number of hydrogen-bond acceptors (Lipinski definition) is 1. The Labute approximate surface area is 186 Å². The van der Waals surface area contributed by atoms with Gasteiger partial charge in [-0.1, -0.05) is 91.0 Å². The molecule has 0 amide bonds. The maximum atomic E-state index is 13.3. The number of halogens is 1. The van der Waals surface area contributed by atoms with Crippen molar-refractivity contribution in [2.45, 2.75) is 16.7 Å². The maximum Gasteiger partial charge on any atom is 0.123 e. The molecule has 0 fully saturated rings. The van der Waals surface area contributed by atoms with Crippen molar-refractivity contribution in [3.63, 3.8) is 0 Å². The lowest BCUT2D eigenvalue weighted by atomic mass is 9.98. The Bertz CT molecular complexity index is 1240. The van der Waals surface area contributed by atoms with Gasteiger partial charge < -0.3 is 4.57 Å². The molecule has 0 radical (unpaired) electrons. The van der Waals surface area contributed by atoms with Crippen molar-refractivity contribution in [3.05, 3.63) is 138 Å². The first-order valence-electron chi connectivity index (χ1n) is 10.4. The number of benzene rings is 4. The van der Waals surface area contributed by atoms with Gasteiger partial charge in [-0.2, -0.15) is 0 Å². The molecule has 1 nitrogen and oxygen atoms in total. The zero-order valence-corrected chi connectivity index (χ0v) is 17.8. The Morgan fingerprint density at radius 3 is 1.90 bits per heavy atom. The number of para-hydroxylation sites is 1. The molecule has 0 saturated heterocycles. The van der Waals surface area contributed by atoms with Gasteiger partial charge in [-0.15, -0.1) is 11.8 Å². The molecule has 0 aliphatic rings. The molecule has 1 aromatic heterocycles. The van der Waals surface area contributed by atoms with Crippen LogP contribution >= 0.6 is 11.8 Å². The lowest BCUT2D eigenvalue weighted by Crippen LogP contribution is -2.11. The largest absolute Gasteiger partial charge is 0.335 e. The van der Waals surface area contributed by atoms with E-state index in [4.69, 9.17) is 0 Å². The van der Waals surface area contributed by atoms with Crippen LogP contribution in [-0.4, -0.2) is 4.57 Å². The zero-order valence-electron chi connectivity index (χ0n) is 17.0. The van der Waals surface area contributed by atoms with Gasteiger partial charge in [0.1, 0.15) is 5.82 Å². The van der Waals surface area contributed by atoms with E-state index < -0.39 is 0 Å². The lowest BCUT2D eigenvalue weighted by molar-refractivity contribution is 0.627. The van der Waals surface area contributed by atoms with E-state index in [1.807, 2.05) is 12.1 Å². The molecule has 0 aliphatic carbocycles. The Kier molecular flexibility index (Phi) is 5.59. The third-order valence-corrected chi connectivity index (χ3v) is 6.63. The van der Waals surface area contributed by atoms with Gasteiger partial charge in [0.25, 0.3) is 0 Å². The Morgan fingerprint density at radius 2 is 1.26 bits per heavy atom. The molecule has 0 aliphatic heterocycles. The van der Waals surface area contributed by atoms with Crippen molar-refractivity contribution < 1.29 is 4.39 Å². The van der Waals surface area contributed by atoms with Crippen molar-refractivity contribution in [3.8, 4) is 0 Å². The summed E-state index contributed by atoms with van der Waals surface area (Å²) >= 11 is 1.79. The number of thioether (sulfide) groups is 1. The van der Waals surface area contributed by atoms with Crippen molar-refractivity contribution in [1.82, 2.24) is 4.57 Å². The molecule has 0 saturated carbocycles. The smallest absolute Gasteiger partial charge is 0.123 e. The minimum absolute atomic E-state index is 0.0903. The summed E-state index contributed by atoms with van der Waals surface area (Å²) < 4.78 is 15.6. The molecule has 0 atom stereocenters. The van der Waals surface area contributed by atoms with Crippen molar-refractivity contribution in [2.75, 3.05) is 0 Å².